The molecule has 19 nitrogen and oxygen atoms in total. The van der Waals surface area contributed by atoms with Crippen molar-refractivity contribution in [2.75, 3.05) is 26.2 Å². The van der Waals surface area contributed by atoms with Crippen molar-refractivity contribution in [3.05, 3.63) is 0 Å². The smallest absolute Gasteiger partial charge is 0.250 e. The molecular weight excluding hydrogens is 602 g/mol. The number of aliphatic hydroxyl groups excluding tert-OH is 7. The maximum Gasteiger partial charge on any atom is 0.250 e. The second kappa shape index (κ2) is 15.8. The largest absolute Gasteiger partial charge is 0.394 e. The highest BCUT2D eigenvalue weighted by molar-refractivity contribution is 5.81. The maximum absolute atomic E-state index is 12.6. The molecule has 1 unspecified atom stereocenters. The quantitative estimate of drug-likeness (QED) is 0.0929. The fourth-order valence-corrected chi connectivity index (χ4v) is 6.38. The van der Waals surface area contributed by atoms with Crippen LogP contribution < -0.4 is 39.3 Å². The van der Waals surface area contributed by atoms with Gasteiger partial charge in [0.1, 0.15) is 61.0 Å². The molecule has 0 spiro atoms. The summed E-state index contributed by atoms with van der Waals surface area (Å²) in [4.78, 5) is 12.6. The van der Waals surface area contributed by atoms with Crippen LogP contribution in [0.5, 0.6) is 0 Å². The number of hydrogen-bond donors (Lipinski definition) is 14. The molecule has 0 bridgehead atoms. The molecule has 262 valence electrons. The zero-order valence-electron chi connectivity index (χ0n) is 24.9. The molecule has 4 fully saturated rings. The number of nitrogens with one attached hydrogen (secondary N) is 2. The van der Waals surface area contributed by atoms with E-state index in [1.807, 2.05) is 0 Å². The Balaban J connectivity index is 1.56. The Morgan fingerprint density at radius 3 is 2.09 bits per heavy atom. The van der Waals surface area contributed by atoms with E-state index in [2.05, 4.69) is 10.6 Å². The van der Waals surface area contributed by atoms with Crippen LogP contribution in [0.15, 0.2) is 0 Å². The fraction of sp³-hybridized carbons (Fsp3) is 0.962. The zero-order valence-corrected chi connectivity index (χ0v) is 24.9. The lowest BCUT2D eigenvalue weighted by Gasteiger charge is -2.49. The van der Waals surface area contributed by atoms with Crippen LogP contribution in [-0.4, -0.2) is 172 Å². The molecule has 4 rings (SSSR count). The van der Waals surface area contributed by atoms with Crippen LogP contribution in [0.4, 0.5) is 0 Å². The highest BCUT2D eigenvalue weighted by Crippen LogP contribution is 2.33. The van der Waals surface area contributed by atoms with Crippen LogP contribution in [0.2, 0.25) is 0 Å². The zero-order chi connectivity index (χ0) is 33.2. The minimum atomic E-state index is -1.66. The van der Waals surface area contributed by atoms with Gasteiger partial charge in [-0.05, 0) is 31.7 Å². The third-order valence-corrected chi connectivity index (χ3v) is 9.24. The minimum absolute atomic E-state index is 0.0902. The maximum atomic E-state index is 12.6. The van der Waals surface area contributed by atoms with E-state index in [1.165, 1.54) is 0 Å². The predicted molar refractivity (Wildman–Crippen MR) is 153 cm³/mol. The van der Waals surface area contributed by atoms with Gasteiger partial charge in [-0.1, -0.05) is 0 Å². The van der Waals surface area contributed by atoms with Crippen LogP contribution >= 0.6 is 0 Å². The Kier molecular flexibility index (Phi) is 12.9. The minimum Gasteiger partial charge on any atom is -0.394 e. The van der Waals surface area contributed by atoms with Gasteiger partial charge in [-0.2, -0.15) is 0 Å². The average molecular weight is 654 g/mol. The normalized spacial score (nSPS) is 48.0. The van der Waals surface area contributed by atoms with Crippen molar-refractivity contribution >= 4 is 5.91 Å². The first kappa shape index (κ1) is 36.6. The second-order valence-electron chi connectivity index (χ2n) is 12.5. The first-order valence-electron chi connectivity index (χ1n) is 15.3. The molecule has 2 saturated heterocycles. The highest BCUT2D eigenvalue weighted by atomic mass is 16.7. The molecule has 2 saturated carbocycles. The van der Waals surface area contributed by atoms with Gasteiger partial charge in [0.25, 0.3) is 0 Å². The molecule has 0 aromatic rings. The summed E-state index contributed by atoms with van der Waals surface area (Å²) < 4.78 is 23.6. The van der Waals surface area contributed by atoms with Crippen molar-refractivity contribution < 1.29 is 59.5 Å². The first-order valence-corrected chi connectivity index (χ1v) is 15.3. The van der Waals surface area contributed by atoms with Gasteiger partial charge in [0.2, 0.25) is 5.91 Å². The van der Waals surface area contributed by atoms with Crippen LogP contribution in [0.3, 0.4) is 0 Å². The topological polar surface area (TPSA) is 350 Å². The van der Waals surface area contributed by atoms with Crippen LogP contribution in [0.1, 0.15) is 19.3 Å². The van der Waals surface area contributed by atoms with Crippen LogP contribution in [0.25, 0.3) is 0 Å². The number of nitrogens with two attached hydrogens (primary N) is 5. The van der Waals surface area contributed by atoms with E-state index in [0.717, 1.165) is 12.8 Å². The summed E-state index contributed by atoms with van der Waals surface area (Å²) in [5.41, 5.74) is 29.4. The van der Waals surface area contributed by atoms with Crippen LogP contribution in [0, 0.1) is 5.92 Å². The summed E-state index contributed by atoms with van der Waals surface area (Å²) in [6, 6.07) is -4.24. The van der Waals surface area contributed by atoms with E-state index in [4.69, 9.17) is 47.6 Å². The van der Waals surface area contributed by atoms with Crippen molar-refractivity contribution in [1.29, 1.82) is 0 Å². The molecule has 4 aliphatic rings. The van der Waals surface area contributed by atoms with Crippen molar-refractivity contribution in [3.63, 3.8) is 0 Å². The molecule has 2 aliphatic heterocycles. The molecule has 0 aromatic carbocycles. The molecule has 0 aromatic heterocycles. The van der Waals surface area contributed by atoms with Crippen molar-refractivity contribution in [3.8, 4) is 0 Å². The summed E-state index contributed by atoms with van der Waals surface area (Å²) in [5.74, 6) is -0.640. The van der Waals surface area contributed by atoms with E-state index in [1.54, 1.807) is 0 Å². The summed E-state index contributed by atoms with van der Waals surface area (Å²) in [6.45, 7) is -0.766. The van der Waals surface area contributed by atoms with E-state index in [-0.39, 0.29) is 24.9 Å². The second-order valence-corrected chi connectivity index (χ2v) is 12.5. The van der Waals surface area contributed by atoms with Gasteiger partial charge < -0.3 is 94.0 Å². The van der Waals surface area contributed by atoms with Gasteiger partial charge in [0.15, 0.2) is 12.6 Å². The Hall–Kier alpha value is -1.21. The molecule has 19 heteroatoms. The van der Waals surface area contributed by atoms with Gasteiger partial charge >= 0.3 is 0 Å². The molecule has 45 heavy (non-hydrogen) atoms. The Morgan fingerprint density at radius 2 is 1.49 bits per heavy atom. The Labute approximate surface area is 260 Å². The Morgan fingerprint density at radius 1 is 0.844 bits per heavy atom. The van der Waals surface area contributed by atoms with E-state index < -0.39 is 117 Å². The van der Waals surface area contributed by atoms with Crippen molar-refractivity contribution in [2.24, 2.45) is 34.6 Å². The number of ether oxygens (including phenoxy) is 4. The highest BCUT2D eigenvalue weighted by Gasteiger charge is 2.53. The SMILES string of the molecule is NC[C@H](O)C(=O)N[C@@H]1C[C@H](N)C(O[C@H]2O[C@H](CN)[C@@H](O)[C@H](O)[C@H]2NCC2CC(N)C2)[C@H](O)[C@H]1O[C@H]1O[C@H](CO)[C@@H](O)[C@H](N)[C@H]1O. The summed E-state index contributed by atoms with van der Waals surface area (Å²) >= 11 is 0. The summed E-state index contributed by atoms with van der Waals surface area (Å²) in [5, 5.41) is 79.5. The third-order valence-electron chi connectivity index (χ3n) is 9.24. The summed E-state index contributed by atoms with van der Waals surface area (Å²) in [7, 11) is 0. The van der Waals surface area contributed by atoms with Crippen LogP contribution in [-0.2, 0) is 23.7 Å². The standard InChI is InChI=1S/C26H51N7O12/c27-4-12(35)24(41)33-11-3-10(30)22(21(40)23(11)45-26-19(38)15(31)17(36)14(7-34)43-26)44-25-16(32-6-8-1-9(29)2-8)20(39)18(37)13(5-28)42-25/h8-23,25-26,32,34-40H,1-7,27-31H2,(H,33,41)/t8?,9?,10-,11+,12-,13+,14+,15-,16+,17+,18+,19+,20+,21-,22?,23-,25+,26+/m0/s1. The lowest BCUT2D eigenvalue weighted by molar-refractivity contribution is -0.321. The molecular formula is C26H51N7O12. The first-order chi connectivity index (χ1) is 21.3. The number of amides is 1. The van der Waals surface area contributed by atoms with E-state index >= 15 is 0 Å². The van der Waals surface area contributed by atoms with E-state index in [0.29, 0.717) is 6.54 Å². The molecule has 16 atom stereocenters. The lowest BCUT2D eigenvalue weighted by atomic mass is 9.80. The third kappa shape index (κ3) is 8.09. The molecule has 2 aliphatic carbocycles. The lowest BCUT2D eigenvalue weighted by Crippen LogP contribution is -2.70. The monoisotopic (exact) mass is 653 g/mol. The fourth-order valence-electron chi connectivity index (χ4n) is 6.38. The predicted octanol–water partition coefficient (Wildman–Crippen LogP) is -8.48. The molecule has 2 heterocycles. The van der Waals surface area contributed by atoms with Gasteiger partial charge in [-0.3, -0.25) is 4.79 Å². The summed E-state index contributed by atoms with van der Waals surface area (Å²) in [6.07, 6.45) is -15.3. The molecule has 1 amide bonds. The van der Waals surface area contributed by atoms with Gasteiger partial charge in [0, 0.05) is 25.2 Å². The average Bonchev–Trinajstić information content (AvgIpc) is 3.00. The molecule has 19 N–H and O–H groups in total. The van der Waals surface area contributed by atoms with Crippen molar-refractivity contribution in [2.45, 2.75) is 123 Å². The number of hydrogen-bond acceptors (Lipinski definition) is 18. The number of carbonyl (C=O) groups excluding carboxylic acids is 1. The Bertz CT molecular complexity index is 954. The molecule has 0 radical (unpaired) electrons. The number of carbonyl (C=O) groups is 1. The van der Waals surface area contributed by atoms with Crippen molar-refractivity contribution in [1.82, 2.24) is 10.6 Å². The number of rotatable bonds is 12. The van der Waals surface area contributed by atoms with Gasteiger partial charge in [-0.25, -0.2) is 0 Å². The van der Waals surface area contributed by atoms with Gasteiger partial charge in [-0.15, -0.1) is 0 Å². The van der Waals surface area contributed by atoms with E-state index in [9.17, 15) is 40.5 Å². The van der Waals surface area contributed by atoms with Gasteiger partial charge in [0.05, 0.1) is 24.7 Å². The number of aliphatic hydroxyl groups is 7.